The van der Waals surface area contributed by atoms with E-state index in [1.807, 2.05) is 0 Å². The number of nitrogens with zero attached hydrogens (tertiary/aromatic N) is 3. The van der Waals surface area contributed by atoms with Gasteiger partial charge in [-0.2, -0.15) is 5.10 Å². The SMILES string of the molecule is Cc1cc(NC(=O)Cn2nc(C)ccc2=O)on1. The normalized spacial score (nSPS) is 10.3. The molecule has 0 saturated carbocycles. The average Bonchev–Trinajstić information content (AvgIpc) is 2.69. The van der Waals surface area contributed by atoms with Gasteiger partial charge in [0.2, 0.25) is 11.8 Å². The van der Waals surface area contributed by atoms with E-state index in [2.05, 4.69) is 15.6 Å². The topological polar surface area (TPSA) is 90.0 Å². The second kappa shape index (κ2) is 4.82. The van der Waals surface area contributed by atoms with Crippen LogP contribution in [0.3, 0.4) is 0 Å². The van der Waals surface area contributed by atoms with Crippen molar-refractivity contribution in [1.29, 1.82) is 0 Å². The molecule has 0 aliphatic rings. The third kappa shape index (κ3) is 2.82. The van der Waals surface area contributed by atoms with Gasteiger partial charge in [-0.05, 0) is 19.9 Å². The molecule has 94 valence electrons. The molecule has 0 bridgehead atoms. The smallest absolute Gasteiger partial charge is 0.267 e. The van der Waals surface area contributed by atoms with Gasteiger partial charge in [-0.1, -0.05) is 5.16 Å². The minimum Gasteiger partial charge on any atom is -0.338 e. The van der Waals surface area contributed by atoms with E-state index in [1.165, 1.54) is 6.07 Å². The summed E-state index contributed by atoms with van der Waals surface area (Å²) >= 11 is 0. The molecule has 2 heterocycles. The predicted octanol–water partition coefficient (Wildman–Crippen LogP) is 0.487. The van der Waals surface area contributed by atoms with Crippen molar-refractivity contribution in [1.82, 2.24) is 14.9 Å². The maximum atomic E-state index is 11.7. The van der Waals surface area contributed by atoms with Crippen molar-refractivity contribution in [3.63, 3.8) is 0 Å². The van der Waals surface area contributed by atoms with Crippen molar-refractivity contribution in [2.75, 3.05) is 5.32 Å². The number of hydrogen-bond acceptors (Lipinski definition) is 5. The third-order valence-corrected chi connectivity index (χ3v) is 2.18. The van der Waals surface area contributed by atoms with Crippen LogP contribution in [-0.4, -0.2) is 20.8 Å². The number of hydrogen-bond donors (Lipinski definition) is 1. The number of nitrogens with one attached hydrogen (secondary N) is 1. The lowest BCUT2D eigenvalue weighted by atomic mass is 10.4. The van der Waals surface area contributed by atoms with Gasteiger partial charge >= 0.3 is 0 Å². The Bertz CT molecular complexity index is 629. The van der Waals surface area contributed by atoms with Gasteiger partial charge in [-0.15, -0.1) is 0 Å². The molecule has 0 radical (unpaired) electrons. The van der Waals surface area contributed by atoms with Gasteiger partial charge in [-0.25, -0.2) is 4.68 Å². The van der Waals surface area contributed by atoms with Crippen LogP contribution in [0.5, 0.6) is 0 Å². The fourth-order valence-corrected chi connectivity index (χ4v) is 1.40. The molecule has 0 unspecified atom stereocenters. The second-order valence-corrected chi connectivity index (χ2v) is 3.85. The zero-order chi connectivity index (χ0) is 13.1. The first-order chi connectivity index (χ1) is 8.54. The Morgan fingerprint density at radius 2 is 2.17 bits per heavy atom. The van der Waals surface area contributed by atoms with E-state index in [0.29, 0.717) is 11.4 Å². The second-order valence-electron chi connectivity index (χ2n) is 3.85. The monoisotopic (exact) mass is 248 g/mol. The first-order valence-corrected chi connectivity index (χ1v) is 5.32. The maximum absolute atomic E-state index is 11.7. The van der Waals surface area contributed by atoms with Crippen LogP contribution in [0.4, 0.5) is 5.88 Å². The fourth-order valence-electron chi connectivity index (χ4n) is 1.40. The predicted molar refractivity (Wildman–Crippen MR) is 63.1 cm³/mol. The van der Waals surface area contributed by atoms with E-state index < -0.39 is 5.91 Å². The zero-order valence-corrected chi connectivity index (χ0v) is 10.0. The van der Waals surface area contributed by atoms with Crippen LogP contribution in [0, 0.1) is 13.8 Å². The summed E-state index contributed by atoms with van der Waals surface area (Å²) in [5, 5.41) is 10.1. The number of aromatic nitrogens is 3. The molecule has 2 rings (SSSR count). The molecule has 2 aromatic rings. The fraction of sp³-hybridized carbons (Fsp3) is 0.273. The lowest BCUT2D eigenvalue weighted by Gasteiger charge is -2.04. The summed E-state index contributed by atoms with van der Waals surface area (Å²) in [6.45, 7) is 3.32. The summed E-state index contributed by atoms with van der Waals surface area (Å²) in [6, 6.07) is 4.55. The Labute approximate surface area is 102 Å². The first-order valence-electron chi connectivity index (χ1n) is 5.32. The minimum absolute atomic E-state index is 0.166. The molecule has 1 N–H and O–H groups in total. The largest absolute Gasteiger partial charge is 0.338 e. The summed E-state index contributed by atoms with van der Waals surface area (Å²) in [6.07, 6.45) is 0. The van der Waals surface area contributed by atoms with Gasteiger partial charge in [0.1, 0.15) is 6.54 Å². The van der Waals surface area contributed by atoms with Gasteiger partial charge in [0, 0.05) is 12.1 Å². The average molecular weight is 248 g/mol. The summed E-state index contributed by atoms with van der Waals surface area (Å²) in [5.74, 6) is -0.149. The molecule has 7 nitrogen and oxygen atoms in total. The molecule has 2 aromatic heterocycles. The highest BCUT2D eigenvalue weighted by atomic mass is 16.5. The van der Waals surface area contributed by atoms with E-state index in [0.717, 1.165) is 4.68 Å². The van der Waals surface area contributed by atoms with Crippen molar-refractivity contribution in [3.05, 3.63) is 39.9 Å². The minimum atomic E-state index is -0.397. The van der Waals surface area contributed by atoms with Gasteiger partial charge in [-0.3, -0.25) is 14.9 Å². The molecule has 0 spiro atoms. The van der Waals surface area contributed by atoms with E-state index in [-0.39, 0.29) is 18.0 Å². The maximum Gasteiger partial charge on any atom is 0.267 e. The van der Waals surface area contributed by atoms with Crippen molar-refractivity contribution in [3.8, 4) is 0 Å². The van der Waals surface area contributed by atoms with Crippen molar-refractivity contribution >= 4 is 11.8 Å². The van der Waals surface area contributed by atoms with Crippen LogP contribution in [0.15, 0.2) is 27.5 Å². The van der Waals surface area contributed by atoms with Gasteiger partial charge in [0.15, 0.2) is 0 Å². The molecule has 0 atom stereocenters. The number of carbonyl (C=O) groups is 1. The highest BCUT2D eigenvalue weighted by Gasteiger charge is 2.09. The quantitative estimate of drug-likeness (QED) is 0.853. The van der Waals surface area contributed by atoms with Crippen LogP contribution in [0.1, 0.15) is 11.4 Å². The van der Waals surface area contributed by atoms with Crippen molar-refractivity contribution < 1.29 is 9.32 Å². The van der Waals surface area contributed by atoms with Crippen LogP contribution >= 0.6 is 0 Å². The summed E-state index contributed by atoms with van der Waals surface area (Å²) < 4.78 is 5.93. The number of anilines is 1. The van der Waals surface area contributed by atoms with Gasteiger partial charge in [0.25, 0.3) is 5.56 Å². The summed E-state index contributed by atoms with van der Waals surface area (Å²) in [7, 11) is 0. The molecule has 1 amide bonds. The highest BCUT2D eigenvalue weighted by molar-refractivity contribution is 5.89. The van der Waals surface area contributed by atoms with Gasteiger partial charge < -0.3 is 4.52 Å². The molecule has 0 fully saturated rings. The Kier molecular flexibility index (Phi) is 3.22. The molecule has 7 heteroatoms. The summed E-state index contributed by atoms with van der Waals surface area (Å²) in [5.41, 5.74) is 0.999. The van der Waals surface area contributed by atoms with E-state index >= 15 is 0 Å². The van der Waals surface area contributed by atoms with Gasteiger partial charge in [0.05, 0.1) is 11.4 Å². The Balaban J connectivity index is 2.07. The van der Waals surface area contributed by atoms with Crippen LogP contribution < -0.4 is 10.9 Å². The molecular formula is C11H12N4O3. The number of carbonyl (C=O) groups excluding carboxylic acids is 1. The van der Waals surface area contributed by atoms with E-state index in [1.54, 1.807) is 26.0 Å². The van der Waals surface area contributed by atoms with Crippen LogP contribution in [0.25, 0.3) is 0 Å². The first kappa shape index (κ1) is 12.0. The van der Waals surface area contributed by atoms with E-state index in [9.17, 15) is 9.59 Å². The lowest BCUT2D eigenvalue weighted by Crippen LogP contribution is -2.29. The zero-order valence-electron chi connectivity index (χ0n) is 10.0. The molecule has 0 saturated heterocycles. The Morgan fingerprint density at radius 1 is 1.39 bits per heavy atom. The third-order valence-electron chi connectivity index (χ3n) is 2.18. The summed E-state index contributed by atoms with van der Waals surface area (Å²) in [4.78, 5) is 23.1. The highest BCUT2D eigenvalue weighted by Crippen LogP contribution is 2.07. The van der Waals surface area contributed by atoms with Crippen LogP contribution in [0.2, 0.25) is 0 Å². The number of aryl methyl sites for hydroxylation is 2. The molecule has 0 aliphatic carbocycles. The van der Waals surface area contributed by atoms with E-state index in [4.69, 9.17) is 4.52 Å². The Hall–Kier alpha value is -2.44. The van der Waals surface area contributed by atoms with Crippen LogP contribution in [-0.2, 0) is 11.3 Å². The Morgan fingerprint density at radius 3 is 2.83 bits per heavy atom. The number of rotatable bonds is 3. The molecule has 0 aromatic carbocycles. The molecular weight excluding hydrogens is 236 g/mol. The van der Waals surface area contributed by atoms with Crippen molar-refractivity contribution in [2.24, 2.45) is 0 Å². The lowest BCUT2D eigenvalue weighted by molar-refractivity contribution is -0.117. The standard InChI is InChI=1S/C11H12N4O3/c1-7-3-4-11(17)15(13-7)6-9(16)12-10-5-8(2)14-18-10/h3-5H,6H2,1-2H3,(H,12,16). The number of amides is 1. The molecule has 0 aliphatic heterocycles. The van der Waals surface area contributed by atoms with Crippen molar-refractivity contribution in [2.45, 2.75) is 20.4 Å². The molecule has 18 heavy (non-hydrogen) atoms.